The molecule has 6 rings (SSSR count). The largest absolute Gasteiger partial charge is 0.342 e. The van der Waals surface area contributed by atoms with Gasteiger partial charge in [-0.2, -0.15) is 15.4 Å². The van der Waals surface area contributed by atoms with Crippen molar-refractivity contribution < 1.29 is 9.59 Å². The lowest BCUT2D eigenvalue weighted by Crippen LogP contribution is -2.35. The Hall–Kier alpha value is -4.07. The van der Waals surface area contributed by atoms with Crippen molar-refractivity contribution in [3.8, 4) is 11.3 Å². The number of pyridine rings is 1. The summed E-state index contributed by atoms with van der Waals surface area (Å²) in [6, 6.07) is 19.6. The molecule has 0 spiro atoms. The van der Waals surface area contributed by atoms with Gasteiger partial charge in [0.15, 0.2) is 0 Å². The topological polar surface area (TPSA) is 95.1 Å². The predicted octanol–water partition coefficient (Wildman–Crippen LogP) is 3.18. The van der Waals surface area contributed by atoms with Gasteiger partial charge in [-0.25, -0.2) is 0 Å². The van der Waals surface area contributed by atoms with Crippen LogP contribution in [0.3, 0.4) is 0 Å². The maximum Gasteiger partial charge on any atom is 0.253 e. The number of benzene rings is 2. The van der Waals surface area contributed by atoms with Gasteiger partial charge in [0.2, 0.25) is 5.91 Å². The Kier molecular flexibility index (Phi) is 5.48. The van der Waals surface area contributed by atoms with Crippen molar-refractivity contribution in [2.75, 3.05) is 26.2 Å². The summed E-state index contributed by atoms with van der Waals surface area (Å²) in [4.78, 5) is 34.4. The molecule has 0 radical (unpaired) electrons. The minimum absolute atomic E-state index is 0.0219. The van der Waals surface area contributed by atoms with E-state index < -0.39 is 0 Å². The zero-order valence-electron chi connectivity index (χ0n) is 19.3. The van der Waals surface area contributed by atoms with Crippen LogP contribution in [0.2, 0.25) is 0 Å². The van der Waals surface area contributed by atoms with Crippen molar-refractivity contribution in [3.63, 3.8) is 0 Å². The Morgan fingerprint density at radius 1 is 0.857 bits per heavy atom. The van der Waals surface area contributed by atoms with Crippen molar-refractivity contribution in [1.29, 1.82) is 0 Å². The van der Waals surface area contributed by atoms with Crippen molar-refractivity contribution in [3.05, 3.63) is 78.0 Å². The Balaban J connectivity index is 1.01. The Morgan fingerprint density at radius 2 is 1.60 bits per heavy atom. The van der Waals surface area contributed by atoms with Gasteiger partial charge in [0, 0.05) is 61.8 Å². The number of fused-ring (bicyclic) bond motifs is 2. The number of H-pyrrole nitrogens is 1. The monoisotopic (exact) mass is 466 g/mol. The van der Waals surface area contributed by atoms with Crippen molar-refractivity contribution in [1.82, 2.24) is 30.2 Å². The molecular formula is C27H26N6O2. The number of carbonyl (C=O) groups excluding carboxylic acids is 2. The predicted molar refractivity (Wildman–Crippen MR) is 131 cm³/mol. The molecule has 0 saturated carbocycles. The smallest absolute Gasteiger partial charge is 0.253 e. The molecule has 2 aliphatic rings. The highest BCUT2D eigenvalue weighted by atomic mass is 16.2. The number of rotatable bonds is 5. The van der Waals surface area contributed by atoms with Crippen molar-refractivity contribution >= 4 is 22.8 Å². The third-order valence-electron chi connectivity index (χ3n) is 7.21. The molecule has 2 aromatic heterocycles. The summed E-state index contributed by atoms with van der Waals surface area (Å²) in [5.41, 5.74) is 5.16. The fraction of sp³-hybridized carbons (Fsp3) is 0.296. The van der Waals surface area contributed by atoms with Gasteiger partial charge in [0.1, 0.15) is 11.0 Å². The Bertz CT molecular complexity index is 1350. The SMILES string of the molecule is O=C(CCc1ccc(-c2ccccc2)nc1)N1C[C@@H]2CN(C(=O)c3ccc4n[nH]nc4c3)C[C@H]2C1. The molecule has 4 aromatic rings. The highest BCUT2D eigenvalue weighted by Crippen LogP contribution is 2.32. The van der Waals surface area contributed by atoms with Crippen LogP contribution in [0.15, 0.2) is 66.9 Å². The molecule has 2 aliphatic heterocycles. The van der Waals surface area contributed by atoms with Gasteiger partial charge in [-0.05, 0) is 36.2 Å². The first kappa shape index (κ1) is 21.5. The number of nitrogens with zero attached hydrogens (tertiary/aromatic N) is 5. The lowest BCUT2D eigenvalue weighted by Gasteiger charge is -2.22. The van der Waals surface area contributed by atoms with Crippen LogP contribution >= 0.6 is 0 Å². The molecule has 8 nitrogen and oxygen atoms in total. The minimum Gasteiger partial charge on any atom is -0.342 e. The van der Waals surface area contributed by atoms with Crippen LogP contribution in [0.4, 0.5) is 0 Å². The molecule has 2 saturated heterocycles. The van der Waals surface area contributed by atoms with Crippen LogP contribution in [-0.4, -0.2) is 68.2 Å². The van der Waals surface area contributed by atoms with E-state index >= 15 is 0 Å². The summed E-state index contributed by atoms with van der Waals surface area (Å²) in [6.45, 7) is 2.82. The Labute approximate surface area is 203 Å². The molecule has 0 unspecified atom stereocenters. The Morgan fingerprint density at radius 3 is 2.34 bits per heavy atom. The van der Waals surface area contributed by atoms with E-state index in [1.807, 2.05) is 58.5 Å². The standard InChI is InChI=1S/C27H26N6O2/c34-26(11-7-18-6-9-23(28-13-18)19-4-2-1-3-5-19)32-14-21-16-33(17-22(21)15-32)27(35)20-8-10-24-25(12-20)30-31-29-24/h1-6,8-10,12-13,21-22H,7,11,14-17H2,(H,29,30,31)/t21-,22-/m1/s1. The van der Waals surface area contributed by atoms with Gasteiger partial charge in [0.05, 0.1) is 5.69 Å². The highest BCUT2D eigenvalue weighted by molar-refractivity contribution is 5.97. The lowest BCUT2D eigenvalue weighted by molar-refractivity contribution is -0.130. The van der Waals surface area contributed by atoms with Gasteiger partial charge in [0.25, 0.3) is 5.91 Å². The molecule has 2 aromatic carbocycles. The maximum absolute atomic E-state index is 13.0. The lowest BCUT2D eigenvalue weighted by atomic mass is 10.0. The third kappa shape index (κ3) is 4.27. The van der Waals surface area contributed by atoms with E-state index in [0.29, 0.717) is 48.8 Å². The van der Waals surface area contributed by atoms with Crippen molar-refractivity contribution in [2.24, 2.45) is 11.8 Å². The third-order valence-corrected chi connectivity index (χ3v) is 7.21. The first-order valence-electron chi connectivity index (χ1n) is 12.0. The van der Waals surface area contributed by atoms with E-state index in [1.165, 1.54) is 0 Å². The summed E-state index contributed by atoms with van der Waals surface area (Å²) in [6.07, 6.45) is 3.03. The average molecular weight is 467 g/mol. The molecule has 35 heavy (non-hydrogen) atoms. The first-order valence-corrected chi connectivity index (χ1v) is 12.0. The number of amides is 2. The van der Waals surface area contributed by atoms with E-state index in [2.05, 4.69) is 26.5 Å². The quantitative estimate of drug-likeness (QED) is 0.487. The maximum atomic E-state index is 13.0. The van der Waals surface area contributed by atoms with E-state index in [-0.39, 0.29) is 11.8 Å². The van der Waals surface area contributed by atoms with Gasteiger partial charge in [-0.1, -0.05) is 36.4 Å². The molecule has 1 N–H and O–H groups in total. The number of aromatic amines is 1. The zero-order valence-corrected chi connectivity index (χ0v) is 19.3. The van der Waals surface area contributed by atoms with Gasteiger partial charge in [-0.3, -0.25) is 14.6 Å². The van der Waals surface area contributed by atoms with Gasteiger partial charge >= 0.3 is 0 Å². The summed E-state index contributed by atoms with van der Waals surface area (Å²) in [5.74, 6) is 0.880. The fourth-order valence-electron chi connectivity index (χ4n) is 5.28. The molecule has 2 atom stereocenters. The molecule has 176 valence electrons. The second-order valence-electron chi connectivity index (χ2n) is 9.47. The number of aromatic nitrogens is 4. The van der Waals surface area contributed by atoms with Gasteiger partial charge in [-0.15, -0.1) is 0 Å². The molecule has 8 heteroatoms. The second-order valence-corrected chi connectivity index (χ2v) is 9.47. The molecular weight excluding hydrogens is 440 g/mol. The van der Waals surface area contributed by atoms with Crippen LogP contribution in [-0.2, 0) is 11.2 Å². The van der Waals surface area contributed by atoms with E-state index in [4.69, 9.17) is 0 Å². The van der Waals surface area contributed by atoms with Crippen LogP contribution in [0.1, 0.15) is 22.3 Å². The molecule has 0 aliphatic carbocycles. The first-order chi connectivity index (χ1) is 17.1. The molecule has 4 heterocycles. The van der Waals surface area contributed by atoms with E-state index in [0.717, 1.165) is 35.4 Å². The summed E-state index contributed by atoms with van der Waals surface area (Å²) < 4.78 is 0. The van der Waals surface area contributed by atoms with E-state index in [9.17, 15) is 9.59 Å². The fourth-order valence-corrected chi connectivity index (χ4v) is 5.28. The number of likely N-dealkylation sites (tertiary alicyclic amines) is 2. The average Bonchev–Trinajstić information content (AvgIpc) is 3.62. The number of hydrogen-bond donors (Lipinski definition) is 1. The van der Waals surface area contributed by atoms with Gasteiger partial charge < -0.3 is 9.80 Å². The normalized spacial score (nSPS) is 19.3. The van der Waals surface area contributed by atoms with Crippen LogP contribution in [0.5, 0.6) is 0 Å². The van der Waals surface area contributed by atoms with Crippen LogP contribution in [0, 0.1) is 11.8 Å². The van der Waals surface area contributed by atoms with Crippen molar-refractivity contribution in [2.45, 2.75) is 12.8 Å². The number of carbonyl (C=O) groups is 2. The summed E-state index contributed by atoms with van der Waals surface area (Å²) in [7, 11) is 0. The second kappa shape index (κ2) is 8.94. The molecule has 2 amide bonds. The van der Waals surface area contributed by atoms with Crippen LogP contribution < -0.4 is 0 Å². The number of hydrogen-bond acceptors (Lipinski definition) is 5. The minimum atomic E-state index is 0.0219. The summed E-state index contributed by atoms with van der Waals surface area (Å²) >= 11 is 0. The summed E-state index contributed by atoms with van der Waals surface area (Å²) in [5, 5.41) is 10.7. The number of aryl methyl sites for hydroxylation is 1. The number of nitrogens with one attached hydrogen (secondary N) is 1. The molecule has 2 fully saturated rings. The zero-order chi connectivity index (χ0) is 23.8. The molecule has 0 bridgehead atoms. The van der Waals surface area contributed by atoms with Crippen LogP contribution in [0.25, 0.3) is 22.3 Å². The highest BCUT2D eigenvalue weighted by Gasteiger charge is 2.43. The van der Waals surface area contributed by atoms with E-state index in [1.54, 1.807) is 12.1 Å².